The van der Waals surface area contributed by atoms with Crippen LogP contribution in [0.25, 0.3) is 6.08 Å². The number of amides is 1. The predicted molar refractivity (Wildman–Crippen MR) is 74.1 cm³/mol. The topological polar surface area (TPSA) is 72.7 Å². The molecule has 0 bridgehead atoms. The van der Waals surface area contributed by atoms with E-state index in [4.69, 9.17) is 4.74 Å². The fourth-order valence-electron chi connectivity index (χ4n) is 2.10. The Balaban J connectivity index is 1.95. The number of methoxy groups -OCH3 is 1. The van der Waals surface area contributed by atoms with E-state index in [1.54, 1.807) is 30.2 Å². The summed E-state index contributed by atoms with van der Waals surface area (Å²) in [6.45, 7) is 1.31. The molecule has 1 aliphatic rings. The first-order valence-corrected chi connectivity index (χ1v) is 6.34. The van der Waals surface area contributed by atoms with Gasteiger partial charge in [0.25, 0.3) is 5.69 Å². The third-order valence-electron chi connectivity index (χ3n) is 3.31. The van der Waals surface area contributed by atoms with Gasteiger partial charge in [0.15, 0.2) is 0 Å². The highest BCUT2D eigenvalue weighted by molar-refractivity contribution is 5.92. The zero-order valence-corrected chi connectivity index (χ0v) is 11.2. The van der Waals surface area contributed by atoms with Crippen LogP contribution in [0.2, 0.25) is 0 Å². The van der Waals surface area contributed by atoms with Crippen LogP contribution in [0.4, 0.5) is 5.69 Å². The van der Waals surface area contributed by atoms with Gasteiger partial charge < -0.3 is 9.64 Å². The molecular weight excluding hydrogens is 260 g/mol. The summed E-state index contributed by atoms with van der Waals surface area (Å²) in [5, 5.41) is 10.5. The number of nitrogens with zero attached hydrogens (tertiary/aromatic N) is 2. The van der Waals surface area contributed by atoms with Gasteiger partial charge in [-0.3, -0.25) is 14.9 Å². The molecule has 1 aromatic carbocycles. The summed E-state index contributed by atoms with van der Waals surface area (Å²) < 4.78 is 5.21. The summed E-state index contributed by atoms with van der Waals surface area (Å²) >= 11 is 0. The molecular formula is C14H16N2O4. The monoisotopic (exact) mass is 276 g/mol. The average molecular weight is 276 g/mol. The number of benzene rings is 1. The van der Waals surface area contributed by atoms with Crippen LogP contribution in [-0.2, 0) is 9.53 Å². The second-order valence-electron chi connectivity index (χ2n) is 4.61. The number of ether oxygens (including phenoxy) is 1. The summed E-state index contributed by atoms with van der Waals surface area (Å²) in [4.78, 5) is 23.7. The maximum Gasteiger partial charge on any atom is 0.269 e. The molecule has 0 spiro atoms. The number of carbonyl (C=O) groups is 1. The molecule has 0 N–H and O–H groups in total. The highest BCUT2D eigenvalue weighted by Gasteiger charge is 2.24. The van der Waals surface area contributed by atoms with Gasteiger partial charge in [0.05, 0.1) is 11.0 Å². The maximum atomic E-state index is 11.9. The standard InChI is InChI=1S/C14H16N2O4/c1-20-13-8-9-15(10-13)14(17)7-4-11-2-5-12(6-3-11)16(18)19/h2-7,13H,8-10H2,1H3/b7-4+. The summed E-state index contributed by atoms with van der Waals surface area (Å²) in [6, 6.07) is 6.07. The van der Waals surface area contributed by atoms with Crippen molar-refractivity contribution in [3.8, 4) is 0 Å². The van der Waals surface area contributed by atoms with Crippen molar-refractivity contribution in [3.05, 3.63) is 46.0 Å². The lowest BCUT2D eigenvalue weighted by Gasteiger charge is -2.13. The second kappa shape index (κ2) is 6.29. The van der Waals surface area contributed by atoms with E-state index in [0.29, 0.717) is 13.1 Å². The summed E-state index contributed by atoms with van der Waals surface area (Å²) in [5.74, 6) is -0.0668. The van der Waals surface area contributed by atoms with E-state index < -0.39 is 4.92 Å². The highest BCUT2D eigenvalue weighted by Crippen LogP contribution is 2.15. The molecule has 1 aliphatic heterocycles. The van der Waals surface area contributed by atoms with Crippen molar-refractivity contribution in [2.75, 3.05) is 20.2 Å². The number of hydrogen-bond donors (Lipinski definition) is 0. The molecule has 0 radical (unpaired) electrons. The zero-order valence-electron chi connectivity index (χ0n) is 11.2. The van der Waals surface area contributed by atoms with Gasteiger partial charge in [-0.05, 0) is 30.2 Å². The molecule has 1 fully saturated rings. The number of rotatable bonds is 4. The van der Waals surface area contributed by atoms with Crippen LogP contribution in [0.5, 0.6) is 0 Å². The highest BCUT2D eigenvalue weighted by atomic mass is 16.6. The van der Waals surface area contributed by atoms with E-state index in [9.17, 15) is 14.9 Å². The number of likely N-dealkylation sites (tertiary alicyclic amines) is 1. The van der Waals surface area contributed by atoms with Crippen molar-refractivity contribution in [2.45, 2.75) is 12.5 Å². The maximum absolute atomic E-state index is 11.9. The lowest BCUT2D eigenvalue weighted by atomic mass is 10.2. The van der Waals surface area contributed by atoms with Crippen LogP contribution in [0, 0.1) is 10.1 Å². The van der Waals surface area contributed by atoms with Crippen molar-refractivity contribution >= 4 is 17.7 Å². The Kier molecular flexibility index (Phi) is 4.47. The lowest BCUT2D eigenvalue weighted by Crippen LogP contribution is -2.28. The second-order valence-corrected chi connectivity index (χ2v) is 4.61. The van der Waals surface area contributed by atoms with Gasteiger partial charge >= 0.3 is 0 Å². The molecule has 1 heterocycles. The van der Waals surface area contributed by atoms with E-state index in [2.05, 4.69) is 0 Å². The quantitative estimate of drug-likeness (QED) is 0.478. The van der Waals surface area contributed by atoms with Crippen LogP contribution < -0.4 is 0 Å². The fraction of sp³-hybridized carbons (Fsp3) is 0.357. The molecule has 1 saturated heterocycles. The molecule has 1 aromatic rings. The van der Waals surface area contributed by atoms with Gasteiger partial charge in [-0.1, -0.05) is 0 Å². The van der Waals surface area contributed by atoms with Gasteiger partial charge in [-0.25, -0.2) is 0 Å². The summed E-state index contributed by atoms with van der Waals surface area (Å²) in [7, 11) is 1.64. The van der Waals surface area contributed by atoms with Crippen molar-refractivity contribution in [2.24, 2.45) is 0 Å². The van der Waals surface area contributed by atoms with Crippen LogP contribution >= 0.6 is 0 Å². The fourth-order valence-corrected chi connectivity index (χ4v) is 2.10. The first kappa shape index (κ1) is 14.2. The minimum absolute atomic E-state index is 0.0379. The molecule has 20 heavy (non-hydrogen) atoms. The predicted octanol–water partition coefficient (Wildman–Crippen LogP) is 1.86. The molecule has 1 amide bonds. The van der Waals surface area contributed by atoms with Crippen molar-refractivity contribution in [1.29, 1.82) is 0 Å². The molecule has 1 atom stereocenters. The number of carbonyl (C=O) groups excluding carboxylic acids is 1. The van der Waals surface area contributed by atoms with E-state index in [-0.39, 0.29) is 17.7 Å². The zero-order chi connectivity index (χ0) is 14.5. The first-order chi connectivity index (χ1) is 9.60. The van der Waals surface area contributed by atoms with Gasteiger partial charge in [0, 0.05) is 38.4 Å². The normalized spacial score (nSPS) is 18.6. The van der Waals surface area contributed by atoms with Gasteiger partial charge in [0.1, 0.15) is 0 Å². The first-order valence-electron chi connectivity index (χ1n) is 6.34. The van der Waals surface area contributed by atoms with E-state index in [0.717, 1.165) is 12.0 Å². The summed E-state index contributed by atoms with van der Waals surface area (Å²) in [5.41, 5.74) is 0.794. The molecule has 2 rings (SSSR count). The Bertz CT molecular complexity index is 524. The Morgan fingerprint density at radius 1 is 1.45 bits per heavy atom. The van der Waals surface area contributed by atoms with E-state index >= 15 is 0 Å². The largest absolute Gasteiger partial charge is 0.380 e. The van der Waals surface area contributed by atoms with Crippen LogP contribution in [-0.4, -0.2) is 42.0 Å². The van der Waals surface area contributed by atoms with Gasteiger partial charge in [0.2, 0.25) is 5.91 Å². The molecule has 1 unspecified atom stereocenters. The third kappa shape index (κ3) is 3.42. The molecule has 106 valence electrons. The lowest BCUT2D eigenvalue weighted by molar-refractivity contribution is -0.384. The molecule has 6 nitrogen and oxygen atoms in total. The number of hydrogen-bond acceptors (Lipinski definition) is 4. The summed E-state index contributed by atoms with van der Waals surface area (Å²) in [6.07, 6.45) is 4.12. The van der Waals surface area contributed by atoms with Crippen molar-refractivity contribution in [1.82, 2.24) is 4.90 Å². The van der Waals surface area contributed by atoms with Crippen molar-refractivity contribution < 1.29 is 14.5 Å². The number of nitro groups is 1. The SMILES string of the molecule is COC1CCN(C(=O)/C=C/c2ccc([N+](=O)[O-])cc2)C1. The smallest absolute Gasteiger partial charge is 0.269 e. The average Bonchev–Trinajstić information content (AvgIpc) is 2.94. The Morgan fingerprint density at radius 3 is 2.70 bits per heavy atom. The Hall–Kier alpha value is -2.21. The van der Waals surface area contributed by atoms with E-state index in [1.807, 2.05) is 0 Å². The number of non-ortho nitro benzene ring substituents is 1. The number of nitro benzene ring substituents is 1. The van der Waals surface area contributed by atoms with Gasteiger partial charge in [-0.2, -0.15) is 0 Å². The van der Waals surface area contributed by atoms with Crippen molar-refractivity contribution in [3.63, 3.8) is 0 Å². The Morgan fingerprint density at radius 2 is 2.15 bits per heavy atom. The minimum Gasteiger partial charge on any atom is -0.380 e. The molecule has 0 saturated carbocycles. The van der Waals surface area contributed by atoms with Gasteiger partial charge in [-0.15, -0.1) is 0 Å². The Labute approximate surface area is 116 Å². The minimum atomic E-state index is -0.451. The molecule has 0 aromatic heterocycles. The van der Waals surface area contributed by atoms with E-state index in [1.165, 1.54) is 18.2 Å². The third-order valence-corrected chi connectivity index (χ3v) is 3.31. The van der Waals surface area contributed by atoms with Crippen LogP contribution in [0.1, 0.15) is 12.0 Å². The molecule has 6 heteroatoms. The van der Waals surface area contributed by atoms with Crippen LogP contribution in [0.15, 0.2) is 30.3 Å². The van der Waals surface area contributed by atoms with Crippen LogP contribution in [0.3, 0.4) is 0 Å². The molecule has 0 aliphatic carbocycles.